The molecule has 86 valence electrons. The molecule has 0 amide bonds. The van der Waals surface area contributed by atoms with Crippen LogP contribution >= 0.6 is 0 Å². The lowest BCUT2D eigenvalue weighted by molar-refractivity contribution is -0.146. The molecule has 9 nitrogen and oxygen atoms in total. The molecule has 0 unspecified atom stereocenters. The van der Waals surface area contributed by atoms with Crippen LogP contribution in [0, 0.1) is 0 Å². The van der Waals surface area contributed by atoms with Gasteiger partial charge < -0.3 is 25.3 Å². The van der Waals surface area contributed by atoms with E-state index >= 15 is 0 Å². The molecule has 15 heavy (non-hydrogen) atoms. The molecule has 0 aromatic rings. The van der Waals surface area contributed by atoms with Crippen LogP contribution in [-0.2, 0) is 9.63 Å². The molecule has 0 spiro atoms. The van der Waals surface area contributed by atoms with Gasteiger partial charge in [0.25, 0.3) is 0 Å². The predicted octanol–water partition coefficient (Wildman–Crippen LogP) is -2.13. The minimum Gasteiger partial charge on any atom is -0.420 e. The van der Waals surface area contributed by atoms with Crippen molar-refractivity contribution >= 4 is 6.29 Å². The van der Waals surface area contributed by atoms with E-state index in [1.165, 1.54) is 0 Å². The Bertz CT molecular complexity index is 243. The Kier molecular flexibility index (Phi) is 6.34. The molecule has 0 aromatic heterocycles. The molecule has 0 rings (SSSR count). The Morgan fingerprint density at radius 3 is 2.40 bits per heavy atom. The Morgan fingerprint density at radius 1 is 1.40 bits per heavy atom. The standard InChI is InChI=1S/C6H11N3O6/c7-8-9-15-4(2-11)6(14)5(13)3(12)1-10/h2-6,10,12-14H,1H2/t3-,4+,5+,6-/m1/s1. The molecule has 0 saturated carbocycles. The second-order valence-electron chi connectivity index (χ2n) is 2.61. The summed E-state index contributed by atoms with van der Waals surface area (Å²) in [6, 6.07) is 0. The highest BCUT2D eigenvalue weighted by Crippen LogP contribution is 2.07. The van der Waals surface area contributed by atoms with Gasteiger partial charge in [0.1, 0.15) is 23.6 Å². The highest BCUT2D eigenvalue weighted by Gasteiger charge is 2.32. The zero-order chi connectivity index (χ0) is 11.8. The molecule has 0 heterocycles. The van der Waals surface area contributed by atoms with E-state index < -0.39 is 31.0 Å². The molecule has 0 aliphatic carbocycles. The summed E-state index contributed by atoms with van der Waals surface area (Å²) in [5, 5.41) is 38.3. The van der Waals surface area contributed by atoms with E-state index in [-0.39, 0.29) is 6.29 Å². The van der Waals surface area contributed by atoms with Crippen LogP contribution in [0.4, 0.5) is 0 Å². The summed E-state index contributed by atoms with van der Waals surface area (Å²) in [5.74, 6) is 0. The molecule has 4 N–H and O–H groups in total. The summed E-state index contributed by atoms with van der Waals surface area (Å²) in [6.45, 7) is -0.800. The van der Waals surface area contributed by atoms with Gasteiger partial charge in [-0.05, 0) is 5.53 Å². The average Bonchev–Trinajstić information content (AvgIpc) is 2.27. The molecule has 9 heteroatoms. The second kappa shape index (κ2) is 6.98. The van der Waals surface area contributed by atoms with Crippen molar-refractivity contribution in [1.29, 1.82) is 0 Å². The highest BCUT2D eigenvalue weighted by atomic mass is 16.7. The minimum absolute atomic E-state index is 0.0899. The van der Waals surface area contributed by atoms with Crippen LogP contribution in [0.5, 0.6) is 0 Å². The number of carbonyl (C=O) groups is 1. The van der Waals surface area contributed by atoms with Gasteiger partial charge in [-0.1, -0.05) is 0 Å². The minimum atomic E-state index is -1.81. The van der Waals surface area contributed by atoms with Crippen molar-refractivity contribution in [3.8, 4) is 0 Å². The molecule has 0 saturated heterocycles. The summed E-state index contributed by atoms with van der Waals surface area (Å²) in [7, 11) is 0. The number of azide groups is 1. The van der Waals surface area contributed by atoms with Crippen LogP contribution in [0.2, 0.25) is 0 Å². The summed E-state index contributed by atoms with van der Waals surface area (Å²) in [6.07, 6.45) is -6.75. The highest BCUT2D eigenvalue weighted by molar-refractivity contribution is 5.57. The van der Waals surface area contributed by atoms with E-state index in [2.05, 4.69) is 15.0 Å². The third-order valence-electron chi connectivity index (χ3n) is 1.61. The van der Waals surface area contributed by atoms with Crippen LogP contribution in [-0.4, -0.2) is 57.7 Å². The number of carbonyl (C=O) groups excluding carboxylic acids is 1. The molecular weight excluding hydrogens is 210 g/mol. The first-order chi connectivity index (χ1) is 7.08. The van der Waals surface area contributed by atoms with Gasteiger partial charge in [-0.2, -0.15) is 0 Å². The first-order valence-corrected chi connectivity index (χ1v) is 3.89. The van der Waals surface area contributed by atoms with Gasteiger partial charge in [0.05, 0.1) is 6.61 Å². The van der Waals surface area contributed by atoms with Crippen molar-refractivity contribution < 1.29 is 30.1 Å². The van der Waals surface area contributed by atoms with Crippen LogP contribution in [0.25, 0.3) is 10.4 Å². The molecule has 4 atom stereocenters. The number of nitrogens with zero attached hydrogens (tertiary/aromatic N) is 3. The predicted molar refractivity (Wildman–Crippen MR) is 45.2 cm³/mol. The second-order valence-corrected chi connectivity index (χ2v) is 2.61. The van der Waals surface area contributed by atoms with Gasteiger partial charge in [-0.15, -0.1) is 0 Å². The lowest BCUT2D eigenvalue weighted by atomic mass is 10.0. The fraction of sp³-hybridized carbons (Fsp3) is 0.833. The van der Waals surface area contributed by atoms with E-state index in [9.17, 15) is 9.90 Å². The topological polar surface area (TPSA) is 156 Å². The lowest BCUT2D eigenvalue weighted by Crippen LogP contribution is -2.46. The number of hydrogen-bond donors (Lipinski definition) is 4. The first-order valence-electron chi connectivity index (χ1n) is 3.89. The summed E-state index contributed by atoms with van der Waals surface area (Å²) in [5.41, 5.74) is 7.87. The Morgan fingerprint density at radius 2 is 2.00 bits per heavy atom. The maximum absolute atomic E-state index is 10.3. The Hall–Kier alpha value is -1.38. The first kappa shape index (κ1) is 13.6. The fourth-order valence-electron chi connectivity index (χ4n) is 0.773. The van der Waals surface area contributed by atoms with Crippen molar-refractivity contribution in [3.63, 3.8) is 0 Å². The average molecular weight is 221 g/mol. The van der Waals surface area contributed by atoms with E-state index in [4.69, 9.17) is 20.9 Å². The van der Waals surface area contributed by atoms with Gasteiger partial charge in [-0.3, -0.25) is 4.79 Å². The number of aliphatic hydroxyl groups is 4. The molecule has 0 aromatic carbocycles. The van der Waals surface area contributed by atoms with Crippen molar-refractivity contribution in [2.24, 2.45) is 5.28 Å². The lowest BCUT2D eigenvalue weighted by Gasteiger charge is -2.24. The summed E-state index contributed by atoms with van der Waals surface area (Å²) >= 11 is 0. The molecular formula is C6H11N3O6. The van der Waals surface area contributed by atoms with Crippen LogP contribution < -0.4 is 0 Å². The number of aliphatic hydroxyl groups excluding tert-OH is 4. The van der Waals surface area contributed by atoms with Gasteiger partial charge in [-0.25, -0.2) is 0 Å². The van der Waals surface area contributed by atoms with Crippen molar-refractivity contribution in [2.45, 2.75) is 24.4 Å². The van der Waals surface area contributed by atoms with Crippen molar-refractivity contribution in [2.75, 3.05) is 6.61 Å². The van der Waals surface area contributed by atoms with Gasteiger partial charge in [0.15, 0.2) is 12.4 Å². The Balaban J connectivity index is 4.41. The zero-order valence-electron chi connectivity index (χ0n) is 7.54. The maximum atomic E-state index is 10.3. The third-order valence-corrected chi connectivity index (χ3v) is 1.61. The van der Waals surface area contributed by atoms with Gasteiger partial charge >= 0.3 is 0 Å². The monoisotopic (exact) mass is 221 g/mol. The van der Waals surface area contributed by atoms with E-state index in [1.54, 1.807) is 0 Å². The smallest absolute Gasteiger partial charge is 0.191 e. The number of hydrogen-bond acceptors (Lipinski definition) is 7. The van der Waals surface area contributed by atoms with Crippen molar-refractivity contribution in [1.82, 2.24) is 0 Å². The molecule has 0 fully saturated rings. The van der Waals surface area contributed by atoms with Gasteiger partial charge in [0, 0.05) is 4.91 Å². The van der Waals surface area contributed by atoms with Crippen molar-refractivity contribution in [3.05, 3.63) is 10.4 Å². The molecule has 0 aliphatic rings. The fourth-order valence-corrected chi connectivity index (χ4v) is 0.773. The summed E-state index contributed by atoms with van der Waals surface area (Å²) < 4.78 is 0. The van der Waals surface area contributed by atoms with E-state index in [0.29, 0.717) is 0 Å². The normalized spacial score (nSPS) is 18.1. The Labute approximate surface area is 84.1 Å². The van der Waals surface area contributed by atoms with Crippen LogP contribution in [0.3, 0.4) is 0 Å². The molecule has 0 aliphatic heterocycles. The molecule has 0 radical (unpaired) electrons. The number of aldehydes is 1. The van der Waals surface area contributed by atoms with Crippen LogP contribution in [0.15, 0.2) is 5.28 Å². The zero-order valence-corrected chi connectivity index (χ0v) is 7.54. The third kappa shape index (κ3) is 4.11. The quantitative estimate of drug-likeness (QED) is 0.126. The largest absolute Gasteiger partial charge is 0.420 e. The van der Waals surface area contributed by atoms with E-state index in [1.807, 2.05) is 0 Å². The maximum Gasteiger partial charge on any atom is 0.191 e. The van der Waals surface area contributed by atoms with E-state index in [0.717, 1.165) is 0 Å². The summed E-state index contributed by atoms with van der Waals surface area (Å²) in [4.78, 5) is 16.7. The van der Waals surface area contributed by atoms with Gasteiger partial charge in [0.2, 0.25) is 0 Å². The number of rotatable bonds is 7. The SMILES string of the molecule is [N-]=[N+]=NO[C@@H](C=O)[C@@H](O)[C@@H](O)[C@H](O)CO. The molecule has 0 bridgehead atoms. The van der Waals surface area contributed by atoms with Crippen LogP contribution in [0.1, 0.15) is 0 Å².